The Morgan fingerprint density at radius 2 is 1.71 bits per heavy atom. The zero-order valence-electron chi connectivity index (χ0n) is 22.0. The van der Waals surface area contributed by atoms with Crippen molar-refractivity contribution in [2.45, 2.75) is 64.3 Å². The lowest BCUT2D eigenvalue weighted by molar-refractivity contribution is 0.0606. The van der Waals surface area contributed by atoms with E-state index in [2.05, 4.69) is 47.5 Å². The van der Waals surface area contributed by atoms with E-state index in [1.165, 1.54) is 22.5 Å². The fraction of sp³-hybridized carbons (Fsp3) is 0.344. The molecule has 4 nitrogen and oxygen atoms in total. The van der Waals surface area contributed by atoms with E-state index in [1.54, 1.807) is 0 Å². The van der Waals surface area contributed by atoms with Gasteiger partial charge in [-0.15, -0.1) is 11.3 Å². The Morgan fingerprint density at radius 1 is 1.00 bits per heavy atom. The van der Waals surface area contributed by atoms with Gasteiger partial charge in [-0.1, -0.05) is 73.1 Å². The van der Waals surface area contributed by atoms with Crippen molar-refractivity contribution in [3.63, 3.8) is 0 Å². The first-order chi connectivity index (χ1) is 18.5. The highest BCUT2D eigenvalue weighted by atomic mass is 35.5. The van der Waals surface area contributed by atoms with Gasteiger partial charge in [-0.25, -0.2) is 0 Å². The highest BCUT2D eigenvalue weighted by Gasteiger charge is 2.32. The monoisotopic (exact) mass is 546 g/mol. The summed E-state index contributed by atoms with van der Waals surface area (Å²) in [6.45, 7) is 2.76. The predicted molar refractivity (Wildman–Crippen MR) is 159 cm³/mol. The molecular formula is C32H35ClN2O2S. The Morgan fingerprint density at radius 3 is 2.37 bits per heavy atom. The molecule has 1 saturated carbocycles. The van der Waals surface area contributed by atoms with Crippen LogP contribution in [0.2, 0.25) is 5.02 Å². The van der Waals surface area contributed by atoms with Crippen LogP contribution in [-0.2, 0) is 19.6 Å². The number of hydrogen-bond acceptors (Lipinski definition) is 4. The summed E-state index contributed by atoms with van der Waals surface area (Å²) in [5.41, 5.74) is 5.55. The SMILES string of the molecule is CCc1ccc(-c2ccc(CO)cc2)cc1CN(C(=O)c1sc2ccccc2c1Cl)C1CCC(NC)CC1. The van der Waals surface area contributed by atoms with Gasteiger partial charge in [-0.3, -0.25) is 4.79 Å². The first-order valence-corrected chi connectivity index (χ1v) is 14.7. The molecule has 198 valence electrons. The van der Waals surface area contributed by atoms with Crippen LogP contribution in [0.4, 0.5) is 0 Å². The maximum atomic E-state index is 14.2. The summed E-state index contributed by atoms with van der Waals surface area (Å²) >= 11 is 8.30. The van der Waals surface area contributed by atoms with Crippen LogP contribution in [0.15, 0.2) is 66.7 Å². The van der Waals surface area contributed by atoms with Crippen molar-refractivity contribution >= 4 is 38.9 Å². The summed E-state index contributed by atoms with van der Waals surface area (Å²) in [5.74, 6) is 0.0314. The number of fused-ring (bicyclic) bond motifs is 1. The average molecular weight is 547 g/mol. The van der Waals surface area contributed by atoms with Crippen LogP contribution in [-0.4, -0.2) is 35.0 Å². The third-order valence-corrected chi connectivity index (χ3v) is 9.60. The Kier molecular flexibility index (Phi) is 8.49. The van der Waals surface area contributed by atoms with Crippen LogP contribution in [0.3, 0.4) is 0 Å². The number of rotatable bonds is 8. The Bertz CT molecular complexity index is 1410. The summed E-state index contributed by atoms with van der Waals surface area (Å²) in [4.78, 5) is 17.0. The molecule has 4 aromatic rings. The normalized spacial score (nSPS) is 17.6. The van der Waals surface area contributed by atoms with E-state index < -0.39 is 0 Å². The number of carbonyl (C=O) groups is 1. The molecule has 2 N–H and O–H groups in total. The number of carbonyl (C=O) groups excluding carboxylic acids is 1. The van der Waals surface area contributed by atoms with E-state index in [1.807, 2.05) is 43.4 Å². The molecule has 0 spiro atoms. The molecule has 0 radical (unpaired) electrons. The first kappa shape index (κ1) is 26.9. The molecule has 38 heavy (non-hydrogen) atoms. The molecule has 0 unspecified atom stereocenters. The second kappa shape index (κ2) is 12.0. The van der Waals surface area contributed by atoms with E-state index in [4.69, 9.17) is 11.6 Å². The zero-order valence-corrected chi connectivity index (χ0v) is 23.6. The summed E-state index contributed by atoms with van der Waals surface area (Å²) in [6, 6.07) is 23.3. The molecule has 1 aliphatic rings. The molecule has 1 aromatic heterocycles. The zero-order chi connectivity index (χ0) is 26.6. The van der Waals surface area contributed by atoms with Crippen LogP contribution < -0.4 is 5.32 Å². The summed E-state index contributed by atoms with van der Waals surface area (Å²) in [5, 5.41) is 14.4. The second-order valence-electron chi connectivity index (χ2n) is 10.2. The number of amides is 1. The standard InChI is InChI=1S/C32H35ClN2O2S/c1-3-22-12-13-24(23-10-8-21(20-36)9-11-23)18-25(22)19-35(27-16-14-26(34-2)15-17-27)32(37)31-30(33)28-6-4-5-7-29(28)38-31/h4-13,18,26-27,34,36H,3,14-17,19-20H2,1-2H3. The fourth-order valence-electron chi connectivity index (χ4n) is 5.61. The third kappa shape index (κ3) is 5.52. The average Bonchev–Trinajstić information content (AvgIpc) is 3.32. The lowest BCUT2D eigenvalue weighted by atomic mass is 9.89. The van der Waals surface area contributed by atoms with Crippen LogP contribution >= 0.6 is 22.9 Å². The minimum atomic E-state index is 0.0314. The highest BCUT2D eigenvalue weighted by Crippen LogP contribution is 2.38. The highest BCUT2D eigenvalue weighted by molar-refractivity contribution is 7.21. The van der Waals surface area contributed by atoms with Crippen LogP contribution in [0, 0.1) is 0 Å². The quantitative estimate of drug-likeness (QED) is 0.241. The van der Waals surface area contributed by atoms with Crippen LogP contribution in [0.25, 0.3) is 21.2 Å². The van der Waals surface area contributed by atoms with E-state index in [9.17, 15) is 9.90 Å². The number of nitrogens with one attached hydrogen (secondary N) is 1. The van der Waals surface area contributed by atoms with Gasteiger partial charge < -0.3 is 15.3 Å². The number of aliphatic hydroxyl groups is 1. The van der Waals surface area contributed by atoms with Crippen molar-refractivity contribution in [2.24, 2.45) is 0 Å². The number of aryl methyl sites for hydroxylation is 1. The van der Waals surface area contributed by atoms with E-state index in [-0.39, 0.29) is 18.6 Å². The van der Waals surface area contributed by atoms with Crippen molar-refractivity contribution in [3.8, 4) is 11.1 Å². The molecule has 3 aromatic carbocycles. The maximum absolute atomic E-state index is 14.2. The van der Waals surface area contributed by atoms with Gasteiger partial charge in [0, 0.05) is 28.7 Å². The smallest absolute Gasteiger partial charge is 0.266 e. The molecule has 0 saturated heterocycles. The molecule has 1 amide bonds. The molecule has 6 heteroatoms. The van der Waals surface area contributed by atoms with E-state index in [0.29, 0.717) is 22.5 Å². The molecule has 1 aliphatic carbocycles. The Balaban J connectivity index is 1.51. The largest absolute Gasteiger partial charge is 0.392 e. The summed E-state index contributed by atoms with van der Waals surface area (Å²) in [7, 11) is 2.02. The molecular weight excluding hydrogens is 512 g/mol. The topological polar surface area (TPSA) is 52.6 Å². The molecule has 0 aliphatic heterocycles. The molecule has 1 heterocycles. The predicted octanol–water partition coefficient (Wildman–Crippen LogP) is 7.45. The van der Waals surface area contributed by atoms with Gasteiger partial charge in [0.2, 0.25) is 0 Å². The van der Waals surface area contributed by atoms with E-state index in [0.717, 1.165) is 58.9 Å². The van der Waals surface area contributed by atoms with Gasteiger partial charge in [0.25, 0.3) is 5.91 Å². The van der Waals surface area contributed by atoms with Crippen molar-refractivity contribution in [3.05, 3.63) is 93.3 Å². The second-order valence-corrected chi connectivity index (χ2v) is 11.6. The minimum Gasteiger partial charge on any atom is -0.392 e. The lowest BCUT2D eigenvalue weighted by Crippen LogP contribution is -2.44. The molecule has 5 rings (SSSR count). The summed E-state index contributed by atoms with van der Waals surface area (Å²) < 4.78 is 1.04. The first-order valence-electron chi connectivity index (χ1n) is 13.5. The fourth-order valence-corrected chi connectivity index (χ4v) is 7.08. The Labute approximate surface area is 234 Å². The number of aliphatic hydroxyl groups excluding tert-OH is 1. The van der Waals surface area contributed by atoms with E-state index >= 15 is 0 Å². The Hall–Kier alpha value is -2.70. The lowest BCUT2D eigenvalue weighted by Gasteiger charge is -2.37. The molecule has 0 atom stereocenters. The maximum Gasteiger partial charge on any atom is 0.266 e. The number of nitrogens with zero attached hydrogens (tertiary/aromatic N) is 1. The van der Waals surface area contributed by atoms with Gasteiger partial charge in [0.1, 0.15) is 4.88 Å². The van der Waals surface area contributed by atoms with Gasteiger partial charge in [-0.05, 0) is 79.1 Å². The van der Waals surface area contributed by atoms with Gasteiger partial charge in [0.15, 0.2) is 0 Å². The third-order valence-electron chi connectivity index (χ3n) is 7.93. The number of halogens is 1. The van der Waals surface area contributed by atoms with Crippen LogP contribution in [0.5, 0.6) is 0 Å². The number of benzene rings is 3. The molecule has 0 bridgehead atoms. The number of hydrogen-bond donors (Lipinski definition) is 2. The molecule has 1 fully saturated rings. The van der Waals surface area contributed by atoms with Gasteiger partial charge in [-0.2, -0.15) is 0 Å². The van der Waals surface area contributed by atoms with Crippen molar-refractivity contribution in [1.82, 2.24) is 10.2 Å². The van der Waals surface area contributed by atoms with Crippen LogP contribution in [0.1, 0.15) is 59.0 Å². The van der Waals surface area contributed by atoms with Crippen molar-refractivity contribution in [2.75, 3.05) is 7.05 Å². The summed E-state index contributed by atoms with van der Waals surface area (Å²) in [6.07, 6.45) is 4.97. The van der Waals surface area contributed by atoms with Crippen molar-refractivity contribution < 1.29 is 9.90 Å². The van der Waals surface area contributed by atoms with Gasteiger partial charge >= 0.3 is 0 Å². The van der Waals surface area contributed by atoms with Gasteiger partial charge in [0.05, 0.1) is 11.6 Å². The number of thiophene rings is 1. The van der Waals surface area contributed by atoms with Crippen molar-refractivity contribution in [1.29, 1.82) is 0 Å². The minimum absolute atomic E-state index is 0.0314.